The molecule has 8 nitrogen and oxygen atoms in total. The molecule has 0 spiro atoms. The van der Waals surface area contributed by atoms with Crippen LogP contribution in [0.4, 0.5) is 11.5 Å². The maximum Gasteiger partial charge on any atom is 0.329 e. The summed E-state index contributed by atoms with van der Waals surface area (Å²) in [5.74, 6) is -0.195. The minimum atomic E-state index is -0.528. The predicted molar refractivity (Wildman–Crippen MR) is 84.5 cm³/mol. The van der Waals surface area contributed by atoms with Crippen molar-refractivity contribution in [1.82, 2.24) is 9.97 Å². The number of methoxy groups -OCH3 is 1. The van der Waals surface area contributed by atoms with Crippen LogP contribution in [0, 0.1) is 10.1 Å². The minimum absolute atomic E-state index is 0.0514. The van der Waals surface area contributed by atoms with E-state index in [1.54, 1.807) is 0 Å². The molecular weight excluding hydrogens is 324 g/mol. The summed E-state index contributed by atoms with van der Waals surface area (Å²) in [4.78, 5) is 31.8. The van der Waals surface area contributed by atoms with E-state index in [0.29, 0.717) is 6.54 Å². The van der Waals surface area contributed by atoms with Gasteiger partial charge in [0.2, 0.25) is 11.1 Å². The number of esters is 1. The van der Waals surface area contributed by atoms with E-state index in [9.17, 15) is 14.9 Å². The molecule has 0 amide bonds. The molecule has 9 heteroatoms. The number of carbonyl (C=O) groups is 1. The Labute approximate surface area is 139 Å². The number of nitro groups is 1. The highest BCUT2D eigenvalue weighted by Gasteiger charge is 2.29. The average molecular weight is 343 g/mol. The van der Waals surface area contributed by atoms with E-state index in [0.717, 1.165) is 38.3 Å². The van der Waals surface area contributed by atoms with E-state index in [2.05, 4.69) is 14.7 Å². The fourth-order valence-electron chi connectivity index (χ4n) is 2.85. The number of aromatic nitrogens is 2. The molecule has 23 heavy (non-hydrogen) atoms. The number of carbonyl (C=O) groups excluding carboxylic acids is 1. The Bertz CT molecular complexity index is 578. The Morgan fingerprint density at radius 3 is 2.78 bits per heavy atom. The van der Waals surface area contributed by atoms with Crippen LogP contribution in [0.1, 0.15) is 38.5 Å². The third-order valence-corrected chi connectivity index (χ3v) is 4.17. The van der Waals surface area contributed by atoms with Gasteiger partial charge in [0.1, 0.15) is 6.20 Å². The third-order valence-electron chi connectivity index (χ3n) is 3.99. The van der Waals surface area contributed by atoms with Crippen LogP contribution in [0.25, 0.3) is 0 Å². The molecule has 0 saturated heterocycles. The minimum Gasteiger partial charge on any atom is -0.469 e. The number of halogens is 1. The van der Waals surface area contributed by atoms with Crippen molar-refractivity contribution < 1.29 is 14.5 Å². The van der Waals surface area contributed by atoms with Crippen molar-refractivity contribution >= 4 is 29.1 Å². The molecule has 1 aliphatic carbocycles. The fraction of sp³-hybridized carbons (Fsp3) is 0.643. The second kappa shape index (κ2) is 8.05. The van der Waals surface area contributed by atoms with Gasteiger partial charge in [0.25, 0.3) is 0 Å². The summed E-state index contributed by atoms with van der Waals surface area (Å²) in [5.41, 5.74) is -0.204. The van der Waals surface area contributed by atoms with Crippen LogP contribution >= 0.6 is 11.6 Å². The van der Waals surface area contributed by atoms with E-state index in [4.69, 9.17) is 11.6 Å². The summed E-state index contributed by atoms with van der Waals surface area (Å²) < 4.78 is 4.67. The van der Waals surface area contributed by atoms with Gasteiger partial charge in [-0.15, -0.1) is 0 Å². The molecule has 0 atom stereocenters. The first kappa shape index (κ1) is 17.4. The van der Waals surface area contributed by atoms with Crippen molar-refractivity contribution in [2.75, 3.05) is 18.6 Å². The second-order valence-electron chi connectivity index (χ2n) is 5.42. The molecule has 1 heterocycles. The van der Waals surface area contributed by atoms with Crippen LogP contribution in [0.15, 0.2) is 6.20 Å². The van der Waals surface area contributed by atoms with Gasteiger partial charge >= 0.3 is 11.7 Å². The molecule has 0 radical (unpaired) electrons. The van der Waals surface area contributed by atoms with E-state index in [1.807, 2.05) is 4.90 Å². The highest BCUT2D eigenvalue weighted by molar-refractivity contribution is 6.28. The Kier molecular flexibility index (Phi) is 6.09. The van der Waals surface area contributed by atoms with E-state index in [1.165, 1.54) is 7.11 Å². The number of hydrogen-bond acceptors (Lipinski definition) is 7. The maximum absolute atomic E-state index is 11.5. The molecule has 126 valence electrons. The van der Waals surface area contributed by atoms with Crippen LogP contribution in [0.5, 0.6) is 0 Å². The summed E-state index contributed by atoms with van der Waals surface area (Å²) in [6.07, 6.45) is 6.29. The van der Waals surface area contributed by atoms with Crippen LogP contribution < -0.4 is 4.90 Å². The third kappa shape index (κ3) is 4.51. The number of hydrogen-bond donors (Lipinski definition) is 0. The standard InChI is InChI=1S/C14H19ClN4O4/c1-23-12(20)7-8-18(10-5-3-2-4-6-10)13-11(19(21)22)9-16-14(15)17-13/h9-10H,2-8H2,1H3. The zero-order valence-corrected chi connectivity index (χ0v) is 13.7. The number of rotatable bonds is 6. The lowest BCUT2D eigenvalue weighted by Gasteiger charge is -2.34. The summed E-state index contributed by atoms with van der Waals surface area (Å²) in [6.45, 7) is 0.297. The Hall–Kier alpha value is -1.96. The van der Waals surface area contributed by atoms with Crippen LogP contribution in [-0.4, -0.2) is 40.6 Å². The lowest BCUT2D eigenvalue weighted by Crippen LogP contribution is -2.39. The van der Waals surface area contributed by atoms with Crippen LogP contribution in [0.3, 0.4) is 0 Å². The van der Waals surface area contributed by atoms with Gasteiger partial charge < -0.3 is 9.64 Å². The quantitative estimate of drug-likeness (QED) is 0.339. The zero-order chi connectivity index (χ0) is 16.8. The maximum atomic E-state index is 11.5. The van der Waals surface area contributed by atoms with Crippen molar-refractivity contribution in [3.63, 3.8) is 0 Å². The van der Waals surface area contributed by atoms with Crippen LogP contribution in [-0.2, 0) is 9.53 Å². The van der Waals surface area contributed by atoms with Crippen LogP contribution in [0.2, 0.25) is 5.28 Å². The van der Waals surface area contributed by atoms with Gasteiger partial charge in [-0.1, -0.05) is 19.3 Å². The van der Waals surface area contributed by atoms with Gasteiger partial charge in [-0.05, 0) is 24.4 Å². The molecular formula is C14H19ClN4O4. The topological polar surface area (TPSA) is 98.5 Å². The molecule has 1 saturated carbocycles. The monoisotopic (exact) mass is 342 g/mol. The molecule has 0 bridgehead atoms. The summed E-state index contributed by atoms with van der Waals surface area (Å²) >= 11 is 5.83. The molecule has 0 N–H and O–H groups in total. The van der Waals surface area contributed by atoms with Crippen molar-refractivity contribution in [3.05, 3.63) is 21.6 Å². The van der Waals surface area contributed by atoms with Crippen molar-refractivity contribution in [1.29, 1.82) is 0 Å². The first-order valence-electron chi connectivity index (χ1n) is 7.53. The lowest BCUT2D eigenvalue weighted by molar-refractivity contribution is -0.384. The van der Waals surface area contributed by atoms with E-state index in [-0.39, 0.29) is 35.2 Å². The van der Waals surface area contributed by atoms with Gasteiger partial charge in [0.05, 0.1) is 18.5 Å². The Balaban J connectivity index is 2.33. The van der Waals surface area contributed by atoms with Gasteiger partial charge in [-0.25, -0.2) is 4.98 Å². The van der Waals surface area contributed by atoms with Gasteiger partial charge in [-0.2, -0.15) is 4.98 Å². The molecule has 0 unspecified atom stereocenters. The normalized spacial score (nSPS) is 15.2. The van der Waals surface area contributed by atoms with Crippen molar-refractivity contribution in [2.45, 2.75) is 44.6 Å². The number of nitrogens with zero attached hydrogens (tertiary/aromatic N) is 4. The molecule has 1 aromatic rings. The predicted octanol–water partition coefficient (Wildman–Crippen LogP) is 2.74. The molecule has 0 aromatic carbocycles. The fourth-order valence-corrected chi connectivity index (χ4v) is 2.98. The van der Waals surface area contributed by atoms with Gasteiger partial charge in [0, 0.05) is 12.6 Å². The Morgan fingerprint density at radius 2 is 2.17 bits per heavy atom. The van der Waals surface area contributed by atoms with E-state index < -0.39 is 4.92 Å². The average Bonchev–Trinajstić information content (AvgIpc) is 2.55. The van der Waals surface area contributed by atoms with Crippen molar-refractivity contribution in [2.24, 2.45) is 0 Å². The largest absolute Gasteiger partial charge is 0.469 e. The molecule has 1 fully saturated rings. The molecule has 1 aromatic heterocycles. The summed E-state index contributed by atoms with van der Waals surface area (Å²) in [7, 11) is 1.32. The highest BCUT2D eigenvalue weighted by Crippen LogP contribution is 2.32. The first-order valence-corrected chi connectivity index (χ1v) is 7.91. The first-order chi connectivity index (χ1) is 11.0. The number of ether oxygens (including phenoxy) is 1. The molecule has 0 aliphatic heterocycles. The smallest absolute Gasteiger partial charge is 0.329 e. The zero-order valence-electron chi connectivity index (χ0n) is 12.9. The molecule has 2 rings (SSSR count). The summed E-state index contributed by atoms with van der Waals surface area (Å²) in [5, 5.41) is 11.2. The van der Waals surface area contributed by atoms with E-state index >= 15 is 0 Å². The number of anilines is 1. The summed E-state index contributed by atoms with van der Waals surface area (Å²) in [6, 6.07) is 0.0954. The van der Waals surface area contributed by atoms with Gasteiger partial charge in [-0.3, -0.25) is 14.9 Å². The lowest BCUT2D eigenvalue weighted by atomic mass is 9.94. The highest BCUT2D eigenvalue weighted by atomic mass is 35.5. The van der Waals surface area contributed by atoms with Crippen molar-refractivity contribution in [3.8, 4) is 0 Å². The SMILES string of the molecule is COC(=O)CCN(c1nc(Cl)ncc1[N+](=O)[O-])C1CCCCC1. The molecule has 1 aliphatic rings. The van der Waals surface area contributed by atoms with Gasteiger partial charge in [0.15, 0.2) is 0 Å². The Morgan fingerprint density at radius 1 is 1.48 bits per heavy atom. The second-order valence-corrected chi connectivity index (χ2v) is 5.75.